The quantitative estimate of drug-likeness (QED) is 0.883. The number of amides is 1. The Morgan fingerprint density at radius 3 is 2.61 bits per heavy atom. The number of hydrogen-bond acceptors (Lipinski definition) is 3. The minimum Gasteiger partial charge on any atom is -0.486 e. The van der Waals surface area contributed by atoms with Gasteiger partial charge in [0.1, 0.15) is 6.61 Å². The Kier molecular flexibility index (Phi) is 4.62. The highest BCUT2D eigenvalue weighted by atomic mass is 16.6. The van der Waals surface area contributed by atoms with Crippen molar-refractivity contribution in [1.29, 1.82) is 0 Å². The zero-order valence-electron chi connectivity index (χ0n) is 12.9. The number of hydrogen-bond donors (Lipinski definition) is 1. The number of carbonyl (C=O) groups excluding carboxylic acids is 1. The molecule has 1 aliphatic heterocycles. The number of fused-ring (bicyclic) bond motifs is 1. The Bertz CT molecular complexity index is 697. The van der Waals surface area contributed by atoms with Crippen LogP contribution in [-0.2, 0) is 4.79 Å². The lowest BCUT2D eigenvalue weighted by Crippen LogP contribution is -2.47. The molecule has 0 aliphatic carbocycles. The van der Waals surface area contributed by atoms with Crippen LogP contribution in [0.15, 0.2) is 60.7 Å². The Balaban J connectivity index is 1.56. The van der Waals surface area contributed by atoms with Crippen molar-refractivity contribution in [2.75, 3.05) is 6.61 Å². The standard InChI is InChI=1S/C19H19NO3/c1-14(18-13-22-16-9-5-6-10-17(16)23-18)20-19(21)12-11-15-7-3-2-4-8-15/h2-12,14,18H,13H2,1H3,(H,20,21)/b12-11+/t14-,18+/m1/s1. The minimum absolute atomic E-state index is 0.149. The van der Waals surface area contributed by atoms with Crippen LogP contribution in [0.4, 0.5) is 0 Å². The van der Waals surface area contributed by atoms with Gasteiger partial charge in [-0.05, 0) is 30.7 Å². The van der Waals surface area contributed by atoms with Crippen LogP contribution < -0.4 is 14.8 Å². The van der Waals surface area contributed by atoms with Crippen LogP contribution in [0.2, 0.25) is 0 Å². The summed E-state index contributed by atoms with van der Waals surface area (Å²) < 4.78 is 11.6. The van der Waals surface area contributed by atoms with Crippen molar-refractivity contribution < 1.29 is 14.3 Å². The smallest absolute Gasteiger partial charge is 0.244 e. The molecule has 1 heterocycles. The van der Waals surface area contributed by atoms with Crippen LogP contribution in [-0.4, -0.2) is 24.7 Å². The SMILES string of the molecule is C[C@@H](NC(=O)/C=C/c1ccccc1)[C@@H]1COc2ccccc2O1. The van der Waals surface area contributed by atoms with Crippen LogP contribution in [0.3, 0.4) is 0 Å². The lowest BCUT2D eigenvalue weighted by Gasteiger charge is -2.30. The maximum Gasteiger partial charge on any atom is 0.244 e. The summed E-state index contributed by atoms with van der Waals surface area (Å²) in [6.07, 6.45) is 3.11. The van der Waals surface area contributed by atoms with Gasteiger partial charge in [0.05, 0.1) is 6.04 Å². The predicted octanol–water partition coefficient (Wildman–Crippen LogP) is 3.04. The topological polar surface area (TPSA) is 47.6 Å². The first-order valence-electron chi connectivity index (χ1n) is 7.64. The molecular weight excluding hydrogens is 290 g/mol. The van der Waals surface area contributed by atoms with Gasteiger partial charge >= 0.3 is 0 Å². The normalized spacial score (nSPS) is 17.7. The molecule has 2 aromatic carbocycles. The molecule has 0 saturated heterocycles. The molecule has 0 radical (unpaired) electrons. The van der Waals surface area contributed by atoms with Crippen LogP contribution >= 0.6 is 0 Å². The number of benzene rings is 2. The van der Waals surface area contributed by atoms with Gasteiger partial charge in [0.25, 0.3) is 0 Å². The third-order valence-electron chi connectivity index (χ3n) is 3.68. The van der Waals surface area contributed by atoms with Gasteiger partial charge in [-0.3, -0.25) is 4.79 Å². The van der Waals surface area contributed by atoms with E-state index in [1.54, 1.807) is 6.08 Å². The van der Waals surface area contributed by atoms with Gasteiger partial charge in [0, 0.05) is 6.08 Å². The van der Waals surface area contributed by atoms with Crippen molar-refractivity contribution in [1.82, 2.24) is 5.32 Å². The first kappa shape index (κ1) is 15.2. The monoisotopic (exact) mass is 309 g/mol. The van der Waals surface area contributed by atoms with E-state index in [2.05, 4.69) is 5.32 Å². The average molecular weight is 309 g/mol. The molecule has 0 saturated carbocycles. The molecule has 1 aliphatic rings. The fraction of sp³-hybridized carbons (Fsp3) is 0.211. The third-order valence-corrected chi connectivity index (χ3v) is 3.68. The van der Waals surface area contributed by atoms with Gasteiger partial charge in [-0.25, -0.2) is 0 Å². The summed E-state index contributed by atoms with van der Waals surface area (Å²) in [6, 6.07) is 17.1. The molecule has 23 heavy (non-hydrogen) atoms. The molecule has 118 valence electrons. The van der Waals surface area contributed by atoms with E-state index in [-0.39, 0.29) is 18.1 Å². The van der Waals surface area contributed by atoms with E-state index in [0.29, 0.717) is 12.4 Å². The molecule has 3 rings (SSSR count). The molecule has 0 bridgehead atoms. The molecule has 0 spiro atoms. The summed E-state index contributed by atoms with van der Waals surface area (Å²) >= 11 is 0. The lowest BCUT2D eigenvalue weighted by atomic mass is 10.1. The molecule has 4 heteroatoms. The third kappa shape index (κ3) is 3.92. The molecule has 1 N–H and O–H groups in total. The zero-order chi connectivity index (χ0) is 16.1. The maximum atomic E-state index is 12.0. The van der Waals surface area contributed by atoms with Gasteiger partial charge in [-0.1, -0.05) is 42.5 Å². The largest absolute Gasteiger partial charge is 0.486 e. The number of para-hydroxylation sites is 2. The second-order valence-corrected chi connectivity index (χ2v) is 5.46. The second kappa shape index (κ2) is 7.01. The van der Waals surface area contributed by atoms with E-state index in [0.717, 1.165) is 11.3 Å². The van der Waals surface area contributed by atoms with Crippen LogP contribution in [0.5, 0.6) is 11.5 Å². The van der Waals surface area contributed by atoms with Gasteiger partial charge in [0.2, 0.25) is 5.91 Å². The number of rotatable bonds is 4. The molecule has 0 aromatic heterocycles. The van der Waals surface area contributed by atoms with Crippen LogP contribution in [0.25, 0.3) is 6.08 Å². The Hall–Kier alpha value is -2.75. The molecule has 2 aromatic rings. The maximum absolute atomic E-state index is 12.0. The fourth-order valence-corrected chi connectivity index (χ4v) is 2.38. The lowest BCUT2D eigenvalue weighted by molar-refractivity contribution is -0.117. The van der Waals surface area contributed by atoms with E-state index in [9.17, 15) is 4.79 Å². The van der Waals surface area contributed by atoms with E-state index in [1.807, 2.05) is 61.5 Å². The van der Waals surface area contributed by atoms with Gasteiger partial charge in [-0.2, -0.15) is 0 Å². The van der Waals surface area contributed by atoms with E-state index in [4.69, 9.17) is 9.47 Å². The fourth-order valence-electron chi connectivity index (χ4n) is 2.38. The predicted molar refractivity (Wildman–Crippen MR) is 89.4 cm³/mol. The first-order valence-corrected chi connectivity index (χ1v) is 7.64. The van der Waals surface area contributed by atoms with Crippen molar-refractivity contribution in [3.63, 3.8) is 0 Å². The van der Waals surface area contributed by atoms with Crippen molar-refractivity contribution >= 4 is 12.0 Å². The molecular formula is C19H19NO3. The summed E-state index contributed by atoms with van der Waals surface area (Å²) in [4.78, 5) is 12.0. The Labute approximate surface area is 135 Å². The highest BCUT2D eigenvalue weighted by molar-refractivity contribution is 5.91. The highest BCUT2D eigenvalue weighted by Crippen LogP contribution is 2.31. The highest BCUT2D eigenvalue weighted by Gasteiger charge is 2.26. The molecule has 2 atom stereocenters. The molecule has 0 unspecified atom stereocenters. The average Bonchev–Trinajstić information content (AvgIpc) is 2.60. The molecule has 0 fully saturated rings. The van der Waals surface area contributed by atoms with Crippen molar-refractivity contribution in [2.24, 2.45) is 0 Å². The Morgan fingerprint density at radius 1 is 1.13 bits per heavy atom. The van der Waals surface area contributed by atoms with Crippen molar-refractivity contribution in [3.8, 4) is 11.5 Å². The van der Waals surface area contributed by atoms with E-state index in [1.165, 1.54) is 6.08 Å². The van der Waals surface area contributed by atoms with Crippen molar-refractivity contribution in [2.45, 2.75) is 19.1 Å². The van der Waals surface area contributed by atoms with E-state index >= 15 is 0 Å². The minimum atomic E-state index is -0.209. The van der Waals surface area contributed by atoms with E-state index < -0.39 is 0 Å². The van der Waals surface area contributed by atoms with Crippen LogP contribution in [0.1, 0.15) is 12.5 Å². The molecule has 4 nitrogen and oxygen atoms in total. The van der Waals surface area contributed by atoms with Crippen LogP contribution in [0, 0.1) is 0 Å². The van der Waals surface area contributed by atoms with Gasteiger partial charge in [-0.15, -0.1) is 0 Å². The van der Waals surface area contributed by atoms with Crippen molar-refractivity contribution in [3.05, 3.63) is 66.2 Å². The number of ether oxygens (including phenoxy) is 2. The second-order valence-electron chi connectivity index (χ2n) is 5.46. The zero-order valence-corrected chi connectivity index (χ0v) is 12.9. The number of carbonyl (C=O) groups is 1. The Morgan fingerprint density at radius 2 is 1.83 bits per heavy atom. The number of nitrogens with one attached hydrogen (secondary N) is 1. The summed E-state index contributed by atoms with van der Waals surface area (Å²) in [5, 5.41) is 2.92. The summed E-state index contributed by atoms with van der Waals surface area (Å²) in [7, 11) is 0. The van der Waals surface area contributed by atoms with Gasteiger partial charge < -0.3 is 14.8 Å². The summed E-state index contributed by atoms with van der Waals surface area (Å²) in [5.41, 5.74) is 0.987. The molecule has 1 amide bonds. The summed E-state index contributed by atoms with van der Waals surface area (Å²) in [5.74, 6) is 1.31. The van der Waals surface area contributed by atoms with Gasteiger partial charge in [0.15, 0.2) is 17.6 Å². The summed E-state index contributed by atoms with van der Waals surface area (Å²) in [6.45, 7) is 2.33. The first-order chi connectivity index (χ1) is 11.2.